The monoisotopic (exact) mass is 1500 g/mol. The van der Waals surface area contributed by atoms with Crippen molar-refractivity contribution in [2.45, 2.75) is 176 Å². The summed E-state index contributed by atoms with van der Waals surface area (Å²) in [7, 11) is 6.27. The third-order valence-electron chi connectivity index (χ3n) is 19.8. The third-order valence-corrected chi connectivity index (χ3v) is 21.8. The van der Waals surface area contributed by atoms with Gasteiger partial charge < -0.3 is 70.6 Å². The van der Waals surface area contributed by atoms with E-state index in [4.69, 9.17) is 24.9 Å². The van der Waals surface area contributed by atoms with E-state index >= 15 is 0 Å². The van der Waals surface area contributed by atoms with Crippen molar-refractivity contribution in [3.05, 3.63) is 91.0 Å². The van der Waals surface area contributed by atoms with Crippen LogP contribution in [-0.2, 0) is 75.2 Å². The van der Waals surface area contributed by atoms with Crippen molar-refractivity contribution in [2.75, 3.05) is 90.5 Å². The highest BCUT2D eigenvalue weighted by molar-refractivity contribution is 8.14. The van der Waals surface area contributed by atoms with E-state index in [2.05, 4.69) is 34.4 Å². The van der Waals surface area contributed by atoms with Gasteiger partial charge in [0.25, 0.3) is 0 Å². The number of anilines is 1. The van der Waals surface area contributed by atoms with E-state index < -0.39 is 102 Å². The molecule has 2 saturated heterocycles. The van der Waals surface area contributed by atoms with Gasteiger partial charge in [0.05, 0.1) is 85.6 Å². The molecule has 11 amide bonds. The van der Waals surface area contributed by atoms with Gasteiger partial charge in [-0.15, -0.1) is 11.8 Å². The van der Waals surface area contributed by atoms with Crippen LogP contribution in [0.2, 0.25) is 0 Å². The molecule has 27 nitrogen and oxygen atoms in total. The number of amides is 11. The summed E-state index contributed by atoms with van der Waals surface area (Å²) in [5, 5.41) is 12.3. The number of ketones is 2. The molecule has 6 N–H and O–H groups in total. The second-order valence-electron chi connectivity index (χ2n) is 28.4. The standard InChI is InChI=1S/C76H114N12O15S2/c1-16-50(10)69(61(101-14)41-66(95)88-35-23-27-58(88)70(102-15)51(11)71(96)81-57(73-78-34-37-105-73)38-52-24-20-19-21-25-52)83(12)74(98)56(47(4)5)40-60(90)68(49(8)9)84(13)76(100)103-42-53-28-30-55(31-29-53)80-72(97)54(26-22-33-79-75(77)99)39-59(89)67(48(6)7)82-62(91)43-104-36-32-65(94)87-45-85(63(92)17-2)44-86(46-87)64(93)18-3/h17-21,24-25,28-31,47-51,54,56-58,61,67-70H,2-3,16,22-23,26-27,32-46H2,1,4-15H3,(H,80,97)(H,81,96)(H,82,91)(H3,77,79,99)/t50-,51-,54-,56+,57+,58+,61-,67+,68+,69+,70-/m1/s1. The molecule has 3 aliphatic rings. The number of carbonyl (C=O) groups excluding carboxylic acids is 12. The molecule has 2 aromatic carbocycles. The van der Waals surface area contributed by atoms with Crippen molar-refractivity contribution in [1.29, 1.82) is 0 Å². The van der Waals surface area contributed by atoms with Crippen molar-refractivity contribution in [1.82, 2.24) is 45.3 Å². The lowest BCUT2D eigenvalue weighted by Gasteiger charge is -2.41. The molecule has 2 aromatic rings. The SMILES string of the molecule is C=CC(=O)N1CN(C(=O)C=C)CN(C(=O)CCSCC(=O)N[C@H](C(=O)C[C@@H](CCCNC(N)=O)C(=O)Nc2ccc(COC(=O)N(C)[C@H](C(=O)C[C@H](C(=O)N(C)[C@@H]([C@H](C)CC)[C@@H](CC(=O)N3CCC[C@H]3[C@H](OC)[C@@H](C)C(=O)N[C@@H](Cc3ccccc3)C3=NCCS3)OC)C(C)C)C(C)C)cc2)C(C)C)C1. The van der Waals surface area contributed by atoms with Crippen LogP contribution >= 0.6 is 23.5 Å². The first-order valence-electron chi connectivity index (χ1n) is 36.4. The quantitative estimate of drug-likeness (QED) is 0.0322. The molecule has 0 saturated carbocycles. The Bertz CT molecular complexity index is 3310. The molecule has 3 aliphatic heterocycles. The third kappa shape index (κ3) is 26.1. The maximum Gasteiger partial charge on any atom is 0.410 e. The summed E-state index contributed by atoms with van der Waals surface area (Å²) < 4.78 is 18.0. The average Bonchev–Trinajstić information content (AvgIpc) is 1.80. The zero-order valence-electron chi connectivity index (χ0n) is 63.6. The molecule has 105 heavy (non-hydrogen) atoms. The van der Waals surface area contributed by atoms with Crippen molar-refractivity contribution < 1.29 is 71.7 Å². The number of nitrogens with zero attached hydrogens (tertiary/aromatic N) is 7. The molecular formula is C76H114N12O15S2. The van der Waals surface area contributed by atoms with Gasteiger partial charge in [-0.1, -0.05) is 124 Å². The Kier molecular flexibility index (Phi) is 36.2. The molecule has 29 heteroatoms. The van der Waals surface area contributed by atoms with Crippen LogP contribution in [0.1, 0.15) is 131 Å². The van der Waals surface area contributed by atoms with Gasteiger partial charge in [0.1, 0.15) is 6.61 Å². The maximum absolute atomic E-state index is 15.0. The van der Waals surface area contributed by atoms with E-state index in [0.717, 1.165) is 40.3 Å². The fraction of sp³-hybridized carbons (Fsp3) is 0.618. The summed E-state index contributed by atoms with van der Waals surface area (Å²) >= 11 is 2.81. The Labute approximate surface area is 628 Å². The van der Waals surface area contributed by atoms with Gasteiger partial charge in [-0.2, -0.15) is 11.8 Å². The summed E-state index contributed by atoms with van der Waals surface area (Å²) in [6.07, 6.45) is 2.55. The van der Waals surface area contributed by atoms with E-state index in [0.29, 0.717) is 50.0 Å². The lowest BCUT2D eigenvalue weighted by atomic mass is 9.83. The smallest absolute Gasteiger partial charge is 0.410 e. The maximum atomic E-state index is 15.0. The fourth-order valence-electron chi connectivity index (χ4n) is 13.8. The highest BCUT2D eigenvalue weighted by atomic mass is 32.2. The van der Waals surface area contributed by atoms with Gasteiger partial charge in [-0.3, -0.25) is 52.9 Å². The predicted octanol–water partition coefficient (Wildman–Crippen LogP) is 7.27. The van der Waals surface area contributed by atoms with Crippen LogP contribution in [0.3, 0.4) is 0 Å². The summed E-state index contributed by atoms with van der Waals surface area (Å²) in [4.78, 5) is 176. The number of thioether (sulfide) groups is 2. The Morgan fingerprint density at radius 2 is 1.40 bits per heavy atom. The number of benzene rings is 2. The Morgan fingerprint density at radius 1 is 0.752 bits per heavy atom. The van der Waals surface area contributed by atoms with Gasteiger partial charge >= 0.3 is 12.1 Å². The number of hydrogen-bond acceptors (Lipinski definition) is 18. The van der Waals surface area contributed by atoms with E-state index in [1.165, 1.54) is 33.8 Å². The average molecular weight is 1500 g/mol. The van der Waals surface area contributed by atoms with Crippen LogP contribution in [0.15, 0.2) is 84.9 Å². The molecule has 11 atom stereocenters. The van der Waals surface area contributed by atoms with E-state index in [1.807, 2.05) is 78.8 Å². The first kappa shape index (κ1) is 87.5. The van der Waals surface area contributed by atoms with Crippen molar-refractivity contribution in [3.63, 3.8) is 0 Å². The second-order valence-corrected chi connectivity index (χ2v) is 30.6. The molecule has 580 valence electrons. The summed E-state index contributed by atoms with van der Waals surface area (Å²) in [5.41, 5.74) is 7.27. The normalized spacial score (nSPS) is 17.4. The number of rotatable bonds is 42. The van der Waals surface area contributed by atoms with Crippen LogP contribution in [0.5, 0.6) is 0 Å². The van der Waals surface area contributed by atoms with Crippen LogP contribution in [0.25, 0.3) is 0 Å². The van der Waals surface area contributed by atoms with Gasteiger partial charge in [-0.25, -0.2) is 9.59 Å². The minimum absolute atomic E-state index is 0.00893. The molecule has 0 aliphatic carbocycles. The number of urea groups is 1. The molecule has 5 rings (SSSR count). The number of carbonyl (C=O) groups is 12. The van der Waals surface area contributed by atoms with E-state index in [1.54, 1.807) is 73.8 Å². The number of nitrogens with two attached hydrogens (primary N) is 1. The number of ether oxygens (including phenoxy) is 3. The van der Waals surface area contributed by atoms with Gasteiger partial charge in [-0.05, 0) is 91.2 Å². The first-order chi connectivity index (χ1) is 49.9. The Balaban J connectivity index is 1.17. The largest absolute Gasteiger partial charge is 0.445 e. The Morgan fingerprint density at radius 3 is 1.96 bits per heavy atom. The van der Waals surface area contributed by atoms with Crippen LogP contribution in [0, 0.1) is 41.4 Å². The predicted molar refractivity (Wildman–Crippen MR) is 407 cm³/mol. The van der Waals surface area contributed by atoms with Gasteiger partial charge in [0, 0.05) is 96.2 Å². The van der Waals surface area contributed by atoms with Crippen LogP contribution in [-0.4, -0.2) is 233 Å². The number of likely N-dealkylation sites (N-methyl/N-ethyl adjacent to an activating group) is 2. The summed E-state index contributed by atoms with van der Waals surface area (Å²) in [6, 6.07) is 12.5. The van der Waals surface area contributed by atoms with Gasteiger partial charge in [0.2, 0.25) is 47.3 Å². The highest BCUT2D eigenvalue weighted by Gasteiger charge is 2.45. The van der Waals surface area contributed by atoms with Crippen LogP contribution < -0.4 is 27.0 Å². The van der Waals surface area contributed by atoms with E-state index in [9.17, 15) is 57.5 Å². The zero-order valence-corrected chi connectivity index (χ0v) is 65.3. The number of hydrogen-bond donors (Lipinski definition) is 5. The molecule has 0 spiro atoms. The Hall–Kier alpha value is -8.15. The number of methoxy groups -OCH3 is 2. The molecule has 3 heterocycles. The number of primary amides is 1. The van der Waals surface area contributed by atoms with Crippen molar-refractivity contribution in [2.24, 2.45) is 52.2 Å². The molecule has 2 fully saturated rings. The number of Topliss-reactive ketones (excluding diaryl/α,β-unsaturated/α-hetero) is 2. The number of nitrogens with one attached hydrogen (secondary N) is 4. The minimum atomic E-state index is -0.979. The first-order valence-corrected chi connectivity index (χ1v) is 38.5. The molecule has 0 aromatic heterocycles. The molecule has 0 bridgehead atoms. The molecular weight excluding hydrogens is 1390 g/mol. The summed E-state index contributed by atoms with van der Waals surface area (Å²) in [5.74, 6) is -6.25. The second kappa shape index (κ2) is 43.5. The lowest BCUT2D eigenvalue weighted by Crippen LogP contribution is -2.59. The topological polar surface area (TPSA) is 338 Å². The summed E-state index contributed by atoms with van der Waals surface area (Å²) in [6.45, 7) is 24.6. The van der Waals surface area contributed by atoms with Crippen LogP contribution in [0.4, 0.5) is 15.3 Å². The van der Waals surface area contributed by atoms with E-state index in [-0.39, 0.29) is 136 Å². The molecule has 0 radical (unpaired) electrons. The van der Waals surface area contributed by atoms with Crippen molar-refractivity contribution in [3.8, 4) is 0 Å². The lowest BCUT2D eigenvalue weighted by molar-refractivity contribution is -0.154. The number of aliphatic imine (C=N–C) groups is 1. The molecule has 0 unspecified atom stereocenters. The fourth-order valence-corrected chi connectivity index (χ4v) is 15.4. The number of likely N-dealkylation sites (tertiary alicyclic amines) is 1. The van der Waals surface area contributed by atoms with Gasteiger partial charge in [0.15, 0.2) is 11.6 Å². The highest BCUT2D eigenvalue weighted by Crippen LogP contribution is 2.33. The zero-order chi connectivity index (χ0) is 77.8. The van der Waals surface area contributed by atoms with Crippen molar-refractivity contribution >= 4 is 105 Å². The minimum Gasteiger partial charge on any atom is -0.445 e.